The summed E-state index contributed by atoms with van der Waals surface area (Å²) in [6.07, 6.45) is 1.91. The lowest BCUT2D eigenvalue weighted by Gasteiger charge is -2.20. The molecule has 8 heteroatoms. The largest absolute Gasteiger partial charge is 0.462 e. The SMILES string of the molecule is O=C1O[C@@H]2C[C@H]3C[C@@H]2[C@H]1[C@H]3c1nc(-c2ccc([N+](=O)[O-])cc2)no1. The number of ether oxygens (including phenoxy) is 1. The molecule has 1 saturated heterocycles. The van der Waals surface area contributed by atoms with Crippen LogP contribution in [0.4, 0.5) is 5.69 Å². The van der Waals surface area contributed by atoms with Crippen molar-refractivity contribution in [1.82, 2.24) is 10.1 Å². The molecule has 8 nitrogen and oxygen atoms in total. The second-order valence-electron chi connectivity index (χ2n) is 6.68. The van der Waals surface area contributed by atoms with Gasteiger partial charge in [0.25, 0.3) is 5.69 Å². The minimum absolute atomic E-state index is 0.00955. The van der Waals surface area contributed by atoms with Crippen LogP contribution in [-0.2, 0) is 9.53 Å². The normalized spacial score (nSPS) is 33.0. The lowest BCUT2D eigenvalue weighted by Crippen LogP contribution is -2.24. The fraction of sp³-hybridized carbons (Fsp3) is 0.438. The zero-order valence-corrected chi connectivity index (χ0v) is 12.5. The molecule has 122 valence electrons. The predicted octanol–water partition coefficient (Wildman–Crippen LogP) is 2.31. The van der Waals surface area contributed by atoms with Gasteiger partial charge in [0.15, 0.2) is 0 Å². The Bertz CT molecular complexity index is 844. The predicted molar refractivity (Wildman–Crippen MR) is 78.7 cm³/mol. The second kappa shape index (κ2) is 4.62. The van der Waals surface area contributed by atoms with E-state index in [1.165, 1.54) is 12.1 Å². The van der Waals surface area contributed by atoms with Crippen molar-refractivity contribution in [2.45, 2.75) is 24.9 Å². The number of carbonyl (C=O) groups is 1. The molecule has 0 amide bonds. The topological polar surface area (TPSA) is 108 Å². The van der Waals surface area contributed by atoms with Gasteiger partial charge in [-0.3, -0.25) is 14.9 Å². The van der Waals surface area contributed by atoms with Crippen LogP contribution in [0, 0.1) is 27.9 Å². The number of esters is 1. The van der Waals surface area contributed by atoms with Crippen molar-refractivity contribution >= 4 is 11.7 Å². The summed E-state index contributed by atoms with van der Waals surface area (Å²) >= 11 is 0. The van der Waals surface area contributed by atoms with Gasteiger partial charge in [-0.05, 0) is 30.9 Å². The van der Waals surface area contributed by atoms with Crippen molar-refractivity contribution in [3.05, 3.63) is 40.3 Å². The zero-order valence-electron chi connectivity index (χ0n) is 12.5. The number of aromatic nitrogens is 2. The summed E-state index contributed by atoms with van der Waals surface area (Å²) in [6.45, 7) is 0. The van der Waals surface area contributed by atoms with Gasteiger partial charge in [0, 0.05) is 23.6 Å². The first-order valence-electron chi connectivity index (χ1n) is 7.91. The molecule has 24 heavy (non-hydrogen) atoms. The Hall–Kier alpha value is -2.77. The fourth-order valence-corrected chi connectivity index (χ4v) is 4.56. The van der Waals surface area contributed by atoms with Crippen LogP contribution >= 0.6 is 0 Å². The van der Waals surface area contributed by atoms with E-state index in [-0.39, 0.29) is 35.5 Å². The number of benzene rings is 1. The Morgan fingerprint density at radius 2 is 1.96 bits per heavy atom. The summed E-state index contributed by atoms with van der Waals surface area (Å²) in [4.78, 5) is 26.8. The molecule has 2 aromatic rings. The quantitative estimate of drug-likeness (QED) is 0.483. The second-order valence-corrected chi connectivity index (χ2v) is 6.68. The van der Waals surface area contributed by atoms with Crippen LogP contribution < -0.4 is 0 Å². The Kier molecular flexibility index (Phi) is 2.63. The van der Waals surface area contributed by atoms with Gasteiger partial charge in [0.2, 0.25) is 11.7 Å². The maximum Gasteiger partial charge on any atom is 0.310 e. The molecule has 1 aromatic heterocycles. The summed E-state index contributed by atoms with van der Waals surface area (Å²) in [6, 6.07) is 5.99. The Labute approximate surface area is 136 Å². The Morgan fingerprint density at radius 3 is 2.71 bits per heavy atom. The number of hydrogen-bond acceptors (Lipinski definition) is 7. The molecule has 1 aliphatic heterocycles. The van der Waals surface area contributed by atoms with Crippen molar-refractivity contribution < 1.29 is 19.0 Å². The standard InChI is InChI=1S/C16H13N3O5/c20-16-13-10-5-8(6-11(10)23-16)12(13)15-17-14(18-24-15)7-1-3-9(4-2-7)19(21)22/h1-4,8,10-13H,5-6H2/t8-,10+,11-,12+,13+/m1/s1. The van der Waals surface area contributed by atoms with Crippen LogP contribution in [0.25, 0.3) is 11.4 Å². The van der Waals surface area contributed by atoms with E-state index in [0.717, 1.165) is 12.8 Å². The molecule has 2 saturated carbocycles. The smallest absolute Gasteiger partial charge is 0.310 e. The Balaban J connectivity index is 1.45. The van der Waals surface area contributed by atoms with Crippen molar-refractivity contribution in [1.29, 1.82) is 0 Å². The molecule has 2 heterocycles. The average Bonchev–Trinajstić information content (AvgIpc) is 3.30. The monoisotopic (exact) mass is 327 g/mol. The molecule has 2 aliphatic carbocycles. The minimum atomic E-state index is -0.456. The number of rotatable bonds is 3. The zero-order chi connectivity index (χ0) is 16.4. The molecule has 2 bridgehead atoms. The first-order valence-corrected chi connectivity index (χ1v) is 7.91. The highest BCUT2D eigenvalue weighted by molar-refractivity contribution is 5.78. The van der Waals surface area contributed by atoms with Gasteiger partial charge in [-0.25, -0.2) is 0 Å². The first-order chi connectivity index (χ1) is 11.6. The van der Waals surface area contributed by atoms with E-state index in [0.29, 0.717) is 23.2 Å². The van der Waals surface area contributed by atoms with Gasteiger partial charge < -0.3 is 9.26 Å². The summed E-state index contributed by atoms with van der Waals surface area (Å²) in [5.41, 5.74) is 0.654. The molecule has 0 radical (unpaired) electrons. The third kappa shape index (κ3) is 1.76. The van der Waals surface area contributed by atoms with Crippen LogP contribution in [0.2, 0.25) is 0 Å². The lowest BCUT2D eigenvalue weighted by atomic mass is 9.80. The van der Waals surface area contributed by atoms with Gasteiger partial charge in [-0.2, -0.15) is 4.98 Å². The molecular weight excluding hydrogens is 314 g/mol. The summed E-state index contributed by atoms with van der Waals surface area (Å²) < 4.78 is 10.9. The molecule has 0 unspecified atom stereocenters. The van der Waals surface area contributed by atoms with Gasteiger partial charge in [-0.1, -0.05) is 5.16 Å². The fourth-order valence-electron chi connectivity index (χ4n) is 4.56. The minimum Gasteiger partial charge on any atom is -0.462 e. The molecule has 3 aliphatic rings. The molecule has 5 rings (SSSR count). The number of nitrogens with zero attached hydrogens (tertiary/aromatic N) is 3. The van der Waals surface area contributed by atoms with Crippen LogP contribution in [0.5, 0.6) is 0 Å². The van der Waals surface area contributed by atoms with Crippen molar-refractivity contribution in [2.24, 2.45) is 17.8 Å². The van der Waals surface area contributed by atoms with Gasteiger partial charge in [0.1, 0.15) is 6.10 Å². The van der Waals surface area contributed by atoms with Crippen molar-refractivity contribution in [3.63, 3.8) is 0 Å². The summed E-state index contributed by atoms with van der Waals surface area (Å²) in [5, 5.41) is 14.7. The summed E-state index contributed by atoms with van der Waals surface area (Å²) in [7, 11) is 0. The number of hydrogen-bond donors (Lipinski definition) is 0. The number of nitro benzene ring substituents is 1. The molecule has 5 atom stereocenters. The maximum absolute atomic E-state index is 12.1. The third-order valence-electron chi connectivity index (χ3n) is 5.55. The van der Waals surface area contributed by atoms with Crippen LogP contribution in [-0.4, -0.2) is 27.1 Å². The van der Waals surface area contributed by atoms with Crippen molar-refractivity contribution in [2.75, 3.05) is 0 Å². The molecular formula is C16H13N3O5. The third-order valence-corrected chi connectivity index (χ3v) is 5.55. The van der Waals surface area contributed by atoms with Crippen molar-refractivity contribution in [3.8, 4) is 11.4 Å². The number of non-ortho nitro benzene ring substituents is 1. The summed E-state index contributed by atoms with van der Waals surface area (Å²) in [5.74, 6) is 1.09. The first kappa shape index (κ1) is 13.6. The van der Waals surface area contributed by atoms with E-state index >= 15 is 0 Å². The molecule has 3 fully saturated rings. The molecule has 0 N–H and O–H groups in total. The number of nitro groups is 1. The highest BCUT2D eigenvalue weighted by atomic mass is 16.6. The highest BCUT2D eigenvalue weighted by Crippen LogP contribution is 2.61. The van der Waals surface area contributed by atoms with Crippen LogP contribution in [0.15, 0.2) is 28.8 Å². The van der Waals surface area contributed by atoms with E-state index < -0.39 is 4.92 Å². The van der Waals surface area contributed by atoms with Crippen LogP contribution in [0.3, 0.4) is 0 Å². The lowest BCUT2D eigenvalue weighted by molar-refractivity contribution is -0.384. The van der Waals surface area contributed by atoms with E-state index in [2.05, 4.69) is 10.1 Å². The van der Waals surface area contributed by atoms with Gasteiger partial charge in [0.05, 0.1) is 16.8 Å². The maximum atomic E-state index is 12.1. The average molecular weight is 327 g/mol. The van der Waals surface area contributed by atoms with E-state index in [1.807, 2.05) is 0 Å². The van der Waals surface area contributed by atoms with E-state index in [1.54, 1.807) is 12.1 Å². The van der Waals surface area contributed by atoms with Gasteiger partial charge >= 0.3 is 5.97 Å². The molecule has 0 spiro atoms. The number of fused-ring (bicyclic) bond motifs is 1. The van der Waals surface area contributed by atoms with Gasteiger partial charge in [-0.15, -0.1) is 0 Å². The van der Waals surface area contributed by atoms with E-state index in [4.69, 9.17) is 9.26 Å². The van der Waals surface area contributed by atoms with Crippen LogP contribution in [0.1, 0.15) is 24.7 Å². The van der Waals surface area contributed by atoms with E-state index in [9.17, 15) is 14.9 Å². The Morgan fingerprint density at radius 1 is 1.17 bits per heavy atom. The number of carbonyl (C=O) groups excluding carboxylic acids is 1. The highest BCUT2D eigenvalue weighted by Gasteiger charge is 2.63. The molecule has 1 aromatic carbocycles.